The van der Waals surface area contributed by atoms with Crippen molar-refractivity contribution >= 4 is 5.65 Å². The molecular formula is C30H34N4O2. The van der Waals surface area contributed by atoms with Crippen LogP contribution in [0.5, 0.6) is 11.5 Å². The highest BCUT2D eigenvalue weighted by atomic mass is 16.5. The number of ether oxygens (including phenoxy) is 2. The molecule has 2 fully saturated rings. The minimum Gasteiger partial charge on any atom is -0.493 e. The van der Waals surface area contributed by atoms with E-state index in [0.717, 1.165) is 28.9 Å². The van der Waals surface area contributed by atoms with E-state index in [1.54, 1.807) is 14.2 Å². The summed E-state index contributed by atoms with van der Waals surface area (Å²) in [6.07, 6.45) is 7.36. The number of nitrogens with zero attached hydrogens (tertiary/aromatic N) is 4. The Hall–Kier alpha value is -3.38. The smallest absolute Gasteiger partial charge is 0.182 e. The Bertz CT molecular complexity index is 1360. The van der Waals surface area contributed by atoms with Gasteiger partial charge in [-0.3, -0.25) is 4.90 Å². The predicted octanol–water partition coefficient (Wildman–Crippen LogP) is 6.20. The van der Waals surface area contributed by atoms with Crippen molar-refractivity contribution in [2.75, 3.05) is 14.2 Å². The summed E-state index contributed by atoms with van der Waals surface area (Å²) in [6.45, 7) is 4.70. The molecule has 2 aliphatic rings. The zero-order chi connectivity index (χ0) is 24.8. The van der Waals surface area contributed by atoms with Crippen LogP contribution in [0.15, 0.2) is 60.8 Å². The van der Waals surface area contributed by atoms with Crippen LogP contribution in [0.1, 0.15) is 51.0 Å². The highest BCUT2D eigenvalue weighted by Crippen LogP contribution is 2.44. The lowest BCUT2D eigenvalue weighted by molar-refractivity contribution is 0.0925. The lowest BCUT2D eigenvalue weighted by Gasteiger charge is -2.41. The first-order valence-corrected chi connectivity index (χ1v) is 13.0. The van der Waals surface area contributed by atoms with E-state index in [4.69, 9.17) is 19.6 Å². The first-order chi connectivity index (χ1) is 17.5. The van der Waals surface area contributed by atoms with Gasteiger partial charge in [-0.1, -0.05) is 24.3 Å². The van der Waals surface area contributed by atoms with Gasteiger partial charge >= 0.3 is 0 Å². The maximum absolute atomic E-state index is 5.44. The van der Waals surface area contributed by atoms with Gasteiger partial charge < -0.3 is 9.47 Å². The van der Waals surface area contributed by atoms with E-state index >= 15 is 0 Å². The van der Waals surface area contributed by atoms with Gasteiger partial charge in [0.2, 0.25) is 0 Å². The third kappa shape index (κ3) is 4.03. The zero-order valence-electron chi connectivity index (χ0n) is 21.5. The maximum atomic E-state index is 5.44. The Morgan fingerprint density at radius 1 is 0.806 bits per heavy atom. The van der Waals surface area contributed by atoms with Gasteiger partial charge in [0.1, 0.15) is 0 Å². The number of hydrogen-bond donors (Lipinski definition) is 0. The summed E-state index contributed by atoms with van der Waals surface area (Å²) < 4.78 is 12.7. The second-order valence-corrected chi connectivity index (χ2v) is 10.4. The molecule has 36 heavy (non-hydrogen) atoms. The van der Waals surface area contributed by atoms with Gasteiger partial charge in [-0.05, 0) is 86.9 Å². The van der Waals surface area contributed by atoms with Crippen molar-refractivity contribution in [1.29, 1.82) is 0 Å². The molecule has 2 unspecified atom stereocenters. The number of piperidine rings is 1. The van der Waals surface area contributed by atoms with Gasteiger partial charge in [-0.25, -0.2) is 9.50 Å². The van der Waals surface area contributed by atoms with E-state index in [0.29, 0.717) is 29.3 Å². The van der Waals surface area contributed by atoms with Crippen molar-refractivity contribution in [2.24, 2.45) is 0 Å². The molecule has 186 valence electrons. The van der Waals surface area contributed by atoms with E-state index in [1.807, 2.05) is 28.8 Å². The molecule has 4 heterocycles. The molecule has 2 aromatic carbocycles. The van der Waals surface area contributed by atoms with Gasteiger partial charge in [0.25, 0.3) is 0 Å². The van der Waals surface area contributed by atoms with Gasteiger partial charge in [0, 0.05) is 35.4 Å². The van der Waals surface area contributed by atoms with Crippen LogP contribution in [0.25, 0.3) is 28.2 Å². The van der Waals surface area contributed by atoms with Crippen LogP contribution in [-0.2, 0) is 0 Å². The SMILES string of the molecule is COc1ccc(-c2nc3ccc(-c4ccc(C5CC6CCC(C5)N6C(C)C)cc4)cn3n2)cc1OC. The summed E-state index contributed by atoms with van der Waals surface area (Å²) in [5, 5.41) is 4.74. The topological polar surface area (TPSA) is 51.9 Å². The number of benzene rings is 2. The van der Waals surface area contributed by atoms with E-state index in [9.17, 15) is 0 Å². The summed E-state index contributed by atoms with van der Waals surface area (Å²) in [5.74, 6) is 2.69. The molecule has 0 radical (unpaired) electrons. The third-order valence-electron chi connectivity index (χ3n) is 8.07. The average Bonchev–Trinajstić information content (AvgIpc) is 3.46. The Kier molecular flexibility index (Phi) is 5.92. The van der Waals surface area contributed by atoms with E-state index < -0.39 is 0 Å². The highest BCUT2D eigenvalue weighted by Gasteiger charge is 2.41. The van der Waals surface area contributed by atoms with Gasteiger partial charge in [-0.15, -0.1) is 5.10 Å². The maximum Gasteiger partial charge on any atom is 0.182 e. The lowest BCUT2D eigenvalue weighted by Crippen LogP contribution is -2.46. The molecule has 6 rings (SSSR count). The Labute approximate surface area is 212 Å². The Balaban J connectivity index is 1.23. The number of hydrogen-bond acceptors (Lipinski definition) is 5. The second kappa shape index (κ2) is 9.25. The minimum atomic E-state index is 0.657. The molecular weight excluding hydrogens is 448 g/mol. The average molecular weight is 483 g/mol. The minimum absolute atomic E-state index is 0.657. The van der Waals surface area contributed by atoms with E-state index in [1.165, 1.54) is 36.8 Å². The van der Waals surface area contributed by atoms with Crippen LogP contribution in [0.2, 0.25) is 0 Å². The first kappa shape index (κ1) is 23.0. The highest BCUT2D eigenvalue weighted by molar-refractivity contribution is 5.67. The van der Waals surface area contributed by atoms with Crippen LogP contribution in [0, 0.1) is 0 Å². The predicted molar refractivity (Wildman–Crippen MR) is 143 cm³/mol. The normalized spacial score (nSPS) is 21.9. The Morgan fingerprint density at radius 2 is 1.47 bits per heavy atom. The van der Waals surface area contributed by atoms with Gasteiger partial charge in [0.15, 0.2) is 23.0 Å². The van der Waals surface area contributed by atoms with Crippen molar-refractivity contribution < 1.29 is 9.47 Å². The molecule has 0 spiro atoms. The van der Waals surface area contributed by atoms with E-state index in [-0.39, 0.29) is 0 Å². The fourth-order valence-electron chi connectivity index (χ4n) is 6.43. The van der Waals surface area contributed by atoms with Crippen molar-refractivity contribution in [2.45, 2.75) is 63.6 Å². The molecule has 2 bridgehead atoms. The first-order valence-electron chi connectivity index (χ1n) is 13.0. The van der Waals surface area contributed by atoms with Crippen LogP contribution in [0.4, 0.5) is 0 Å². The molecule has 6 nitrogen and oxygen atoms in total. The molecule has 2 aliphatic heterocycles. The monoisotopic (exact) mass is 482 g/mol. The van der Waals surface area contributed by atoms with Crippen molar-refractivity contribution in [3.8, 4) is 34.0 Å². The van der Waals surface area contributed by atoms with Crippen molar-refractivity contribution in [3.63, 3.8) is 0 Å². The summed E-state index contributed by atoms with van der Waals surface area (Å²) in [4.78, 5) is 7.49. The quantitative estimate of drug-likeness (QED) is 0.328. The molecule has 0 amide bonds. The zero-order valence-corrected chi connectivity index (χ0v) is 21.5. The van der Waals surface area contributed by atoms with Crippen molar-refractivity contribution in [1.82, 2.24) is 19.5 Å². The molecule has 4 aromatic rings. The molecule has 0 N–H and O–H groups in total. The number of aromatic nitrogens is 3. The molecule has 2 atom stereocenters. The van der Waals surface area contributed by atoms with E-state index in [2.05, 4.69) is 55.3 Å². The summed E-state index contributed by atoms with van der Waals surface area (Å²) in [5.41, 5.74) is 5.52. The van der Waals surface area contributed by atoms with Gasteiger partial charge in [-0.2, -0.15) is 0 Å². The summed E-state index contributed by atoms with van der Waals surface area (Å²) in [6, 6.07) is 21.3. The third-order valence-corrected chi connectivity index (χ3v) is 8.07. The lowest BCUT2D eigenvalue weighted by atomic mass is 9.84. The summed E-state index contributed by atoms with van der Waals surface area (Å²) >= 11 is 0. The fraction of sp³-hybridized carbons (Fsp3) is 0.400. The molecule has 2 aromatic heterocycles. The number of rotatable bonds is 6. The Morgan fingerprint density at radius 3 is 2.14 bits per heavy atom. The summed E-state index contributed by atoms with van der Waals surface area (Å²) in [7, 11) is 3.27. The molecule has 2 saturated heterocycles. The van der Waals surface area contributed by atoms with Crippen LogP contribution in [-0.4, -0.2) is 51.8 Å². The molecule has 0 saturated carbocycles. The van der Waals surface area contributed by atoms with Crippen LogP contribution < -0.4 is 9.47 Å². The van der Waals surface area contributed by atoms with Crippen LogP contribution in [0.3, 0.4) is 0 Å². The molecule has 6 heteroatoms. The molecule has 0 aliphatic carbocycles. The number of fused-ring (bicyclic) bond motifs is 3. The van der Waals surface area contributed by atoms with Crippen molar-refractivity contribution in [3.05, 3.63) is 66.4 Å². The number of methoxy groups -OCH3 is 2. The largest absolute Gasteiger partial charge is 0.493 e. The van der Waals surface area contributed by atoms with Crippen LogP contribution >= 0.6 is 0 Å². The second-order valence-electron chi connectivity index (χ2n) is 10.4. The standard InChI is InChI=1S/C30H34N4O2/c1-19(2)34-25-11-12-26(34)16-24(15-25)21-7-5-20(6-8-21)23-10-14-29-31-30(32-33(29)18-23)22-9-13-27(35-3)28(17-22)36-4/h5-10,13-14,17-19,24-26H,11-12,15-16H2,1-4H3. The van der Waals surface area contributed by atoms with Gasteiger partial charge in [0.05, 0.1) is 14.2 Å². The number of pyridine rings is 1. The fourth-order valence-corrected chi connectivity index (χ4v) is 6.43.